The monoisotopic (exact) mass is 338 g/mol. The van der Waals surface area contributed by atoms with E-state index >= 15 is 0 Å². The van der Waals surface area contributed by atoms with E-state index in [0.717, 1.165) is 32.1 Å². The number of rotatable bonds is 4. The molecule has 0 spiro atoms. The third kappa shape index (κ3) is 5.22. The lowest BCUT2D eigenvalue weighted by Crippen LogP contribution is -2.54. The molecule has 0 saturated heterocycles. The predicted molar refractivity (Wildman–Crippen MR) is 99.0 cm³/mol. The summed E-state index contributed by atoms with van der Waals surface area (Å²) in [6.45, 7) is 8.33. The minimum Gasteiger partial charge on any atom is -0.353 e. The molecule has 0 heterocycles. The summed E-state index contributed by atoms with van der Waals surface area (Å²) >= 11 is 0. The molecule has 0 aromatic heterocycles. The van der Waals surface area contributed by atoms with Crippen LogP contribution in [0, 0.1) is 19.8 Å². The minimum absolute atomic E-state index is 0. The maximum atomic E-state index is 12.6. The zero-order chi connectivity index (χ0) is 16.3. The largest absolute Gasteiger partial charge is 0.353 e. The third-order valence-corrected chi connectivity index (χ3v) is 4.98. The molecule has 1 aliphatic carbocycles. The Labute approximate surface area is 146 Å². The second kappa shape index (κ2) is 8.16. The van der Waals surface area contributed by atoms with Gasteiger partial charge in [0.05, 0.1) is 5.92 Å². The quantitative estimate of drug-likeness (QED) is 0.879. The molecule has 3 unspecified atom stereocenters. The van der Waals surface area contributed by atoms with E-state index < -0.39 is 0 Å². The van der Waals surface area contributed by atoms with Gasteiger partial charge >= 0.3 is 0 Å². The fourth-order valence-corrected chi connectivity index (χ4v) is 3.59. The van der Waals surface area contributed by atoms with Crippen LogP contribution in [0.25, 0.3) is 0 Å². The number of nitrogens with one attached hydrogen (secondary N) is 1. The number of carbonyl (C=O) groups excluding carboxylic acids is 1. The Bertz CT molecular complexity index is 542. The van der Waals surface area contributed by atoms with Crippen molar-refractivity contribution >= 4 is 18.3 Å². The number of amides is 1. The lowest BCUT2D eigenvalue weighted by atomic mass is 9.74. The maximum Gasteiger partial charge on any atom is 0.225 e. The van der Waals surface area contributed by atoms with Gasteiger partial charge in [-0.15, -0.1) is 12.4 Å². The van der Waals surface area contributed by atoms with Crippen LogP contribution in [0.1, 0.15) is 56.2 Å². The molecular formula is C19H31ClN2O. The maximum absolute atomic E-state index is 12.6. The predicted octanol–water partition coefficient (Wildman–Crippen LogP) is 3.68. The van der Waals surface area contributed by atoms with Crippen molar-refractivity contribution in [3.05, 3.63) is 34.9 Å². The fourth-order valence-electron chi connectivity index (χ4n) is 3.59. The first-order valence-corrected chi connectivity index (χ1v) is 8.45. The third-order valence-electron chi connectivity index (χ3n) is 4.98. The summed E-state index contributed by atoms with van der Waals surface area (Å²) in [5.74, 6) is 0.0739. The van der Waals surface area contributed by atoms with Crippen molar-refractivity contribution in [1.29, 1.82) is 0 Å². The summed E-state index contributed by atoms with van der Waals surface area (Å²) in [6, 6.07) is 6.63. The van der Waals surface area contributed by atoms with Crippen LogP contribution in [0.3, 0.4) is 0 Å². The van der Waals surface area contributed by atoms with E-state index in [0.29, 0.717) is 0 Å². The van der Waals surface area contributed by atoms with E-state index in [2.05, 4.69) is 44.3 Å². The van der Waals surface area contributed by atoms with Gasteiger partial charge in [-0.2, -0.15) is 0 Å². The number of hydrogen-bond acceptors (Lipinski definition) is 2. The molecule has 1 aromatic carbocycles. The Kier molecular flexibility index (Phi) is 7.09. The van der Waals surface area contributed by atoms with Crippen molar-refractivity contribution < 1.29 is 4.79 Å². The van der Waals surface area contributed by atoms with Crippen molar-refractivity contribution in [3.8, 4) is 0 Å². The van der Waals surface area contributed by atoms with Gasteiger partial charge in [0.2, 0.25) is 5.91 Å². The lowest BCUT2D eigenvalue weighted by Gasteiger charge is -2.37. The molecule has 1 aromatic rings. The van der Waals surface area contributed by atoms with Crippen LogP contribution in [0.2, 0.25) is 0 Å². The zero-order valence-electron chi connectivity index (χ0n) is 14.8. The normalized spacial score (nSPS) is 25.3. The summed E-state index contributed by atoms with van der Waals surface area (Å²) in [4.78, 5) is 12.6. The molecule has 1 fully saturated rings. The first kappa shape index (κ1) is 20.0. The molecule has 1 amide bonds. The topological polar surface area (TPSA) is 55.1 Å². The highest BCUT2D eigenvalue weighted by Gasteiger charge is 2.37. The first-order chi connectivity index (χ1) is 10.3. The Hall–Kier alpha value is -1.06. The van der Waals surface area contributed by atoms with Crippen molar-refractivity contribution in [1.82, 2.24) is 5.32 Å². The standard InChI is InChI=1S/C19H30N2O.ClH/c1-13-8-9-16(14(2)11-13)12-15(3)21-18(22)17-7-5-6-10-19(17,4)20;/h8-9,11,15,17H,5-7,10,12,20H2,1-4H3,(H,21,22);1H. The molecule has 3 N–H and O–H groups in total. The van der Waals surface area contributed by atoms with Gasteiger partial charge in [-0.3, -0.25) is 4.79 Å². The summed E-state index contributed by atoms with van der Waals surface area (Å²) in [7, 11) is 0. The number of carbonyl (C=O) groups is 1. The Morgan fingerprint density at radius 2 is 2.09 bits per heavy atom. The average molecular weight is 339 g/mol. The van der Waals surface area contributed by atoms with Crippen LogP contribution in [-0.4, -0.2) is 17.5 Å². The molecule has 2 rings (SSSR count). The van der Waals surface area contributed by atoms with Gasteiger partial charge in [0.25, 0.3) is 0 Å². The molecule has 1 aliphatic rings. The van der Waals surface area contributed by atoms with E-state index in [1.54, 1.807) is 0 Å². The SMILES string of the molecule is Cc1ccc(CC(C)NC(=O)C2CCCCC2(C)N)c(C)c1.Cl. The first-order valence-electron chi connectivity index (χ1n) is 8.45. The highest BCUT2D eigenvalue weighted by molar-refractivity contribution is 5.85. The average Bonchev–Trinajstić information content (AvgIpc) is 2.41. The van der Waals surface area contributed by atoms with E-state index in [4.69, 9.17) is 5.73 Å². The molecule has 3 nitrogen and oxygen atoms in total. The fraction of sp³-hybridized carbons (Fsp3) is 0.632. The van der Waals surface area contributed by atoms with Crippen molar-refractivity contribution in [3.63, 3.8) is 0 Å². The lowest BCUT2D eigenvalue weighted by molar-refractivity contribution is -0.128. The van der Waals surface area contributed by atoms with E-state index in [1.807, 2.05) is 6.92 Å². The van der Waals surface area contributed by atoms with Gasteiger partial charge in [-0.05, 0) is 58.1 Å². The number of halogens is 1. The van der Waals surface area contributed by atoms with Crippen LogP contribution in [0.4, 0.5) is 0 Å². The second-order valence-corrected chi connectivity index (χ2v) is 7.35. The molecule has 0 radical (unpaired) electrons. The zero-order valence-corrected chi connectivity index (χ0v) is 15.6. The van der Waals surface area contributed by atoms with E-state index in [9.17, 15) is 4.79 Å². The van der Waals surface area contributed by atoms with E-state index in [1.165, 1.54) is 16.7 Å². The number of benzene rings is 1. The molecule has 1 saturated carbocycles. The van der Waals surface area contributed by atoms with Gasteiger partial charge < -0.3 is 11.1 Å². The van der Waals surface area contributed by atoms with Gasteiger partial charge in [-0.25, -0.2) is 0 Å². The van der Waals surface area contributed by atoms with Gasteiger partial charge in [0.1, 0.15) is 0 Å². The Balaban J connectivity index is 0.00000264. The van der Waals surface area contributed by atoms with Crippen LogP contribution in [-0.2, 0) is 11.2 Å². The molecule has 3 atom stereocenters. The highest BCUT2D eigenvalue weighted by Crippen LogP contribution is 2.31. The van der Waals surface area contributed by atoms with Gasteiger partial charge in [0, 0.05) is 11.6 Å². The van der Waals surface area contributed by atoms with Crippen LogP contribution < -0.4 is 11.1 Å². The van der Waals surface area contributed by atoms with Crippen LogP contribution >= 0.6 is 12.4 Å². The van der Waals surface area contributed by atoms with Crippen molar-refractivity contribution in [2.45, 2.75) is 71.4 Å². The molecule has 0 aliphatic heterocycles. The van der Waals surface area contributed by atoms with E-state index in [-0.39, 0.29) is 35.8 Å². The van der Waals surface area contributed by atoms with Gasteiger partial charge in [0.15, 0.2) is 0 Å². The molecule has 4 heteroatoms. The Morgan fingerprint density at radius 3 is 2.70 bits per heavy atom. The Morgan fingerprint density at radius 1 is 1.39 bits per heavy atom. The summed E-state index contributed by atoms with van der Waals surface area (Å²) in [6.07, 6.45) is 4.96. The summed E-state index contributed by atoms with van der Waals surface area (Å²) in [5, 5.41) is 3.18. The molecule has 23 heavy (non-hydrogen) atoms. The number of aryl methyl sites for hydroxylation is 2. The number of hydrogen-bond donors (Lipinski definition) is 2. The molecule has 130 valence electrons. The molecular weight excluding hydrogens is 308 g/mol. The van der Waals surface area contributed by atoms with Crippen molar-refractivity contribution in [2.24, 2.45) is 11.7 Å². The summed E-state index contributed by atoms with van der Waals surface area (Å²) in [5.41, 5.74) is 9.85. The van der Waals surface area contributed by atoms with Crippen LogP contribution in [0.5, 0.6) is 0 Å². The number of nitrogens with two attached hydrogens (primary N) is 1. The highest BCUT2D eigenvalue weighted by atomic mass is 35.5. The van der Waals surface area contributed by atoms with Crippen molar-refractivity contribution in [2.75, 3.05) is 0 Å². The van der Waals surface area contributed by atoms with Crippen LogP contribution in [0.15, 0.2) is 18.2 Å². The summed E-state index contributed by atoms with van der Waals surface area (Å²) < 4.78 is 0. The van der Waals surface area contributed by atoms with Gasteiger partial charge in [-0.1, -0.05) is 36.6 Å². The molecule has 0 bridgehead atoms. The second-order valence-electron chi connectivity index (χ2n) is 7.35. The minimum atomic E-state index is -0.359. The smallest absolute Gasteiger partial charge is 0.225 e.